The molecule has 6 nitrogen and oxygen atoms in total. The number of carbonyl (C=O) groups excluding carboxylic acids is 2. The summed E-state index contributed by atoms with van der Waals surface area (Å²) in [7, 11) is 1.90. The highest BCUT2D eigenvalue weighted by Gasteiger charge is 2.28. The molecule has 2 atom stereocenters. The maximum atomic E-state index is 12.4. The predicted molar refractivity (Wildman–Crippen MR) is 83.0 cm³/mol. The van der Waals surface area contributed by atoms with Gasteiger partial charge in [0.2, 0.25) is 5.91 Å². The van der Waals surface area contributed by atoms with Gasteiger partial charge in [-0.25, -0.2) is 4.98 Å². The van der Waals surface area contributed by atoms with Crippen LogP contribution in [0.15, 0.2) is 36.7 Å². The van der Waals surface area contributed by atoms with Gasteiger partial charge in [0.05, 0.1) is 23.3 Å². The molecule has 3 N–H and O–H groups in total. The molecule has 22 heavy (non-hydrogen) atoms. The average molecular weight is 298 g/mol. The summed E-state index contributed by atoms with van der Waals surface area (Å²) >= 11 is 0. The van der Waals surface area contributed by atoms with Crippen LogP contribution in [-0.4, -0.2) is 27.4 Å². The molecule has 114 valence electrons. The van der Waals surface area contributed by atoms with Crippen molar-refractivity contribution >= 4 is 22.8 Å². The SMILES string of the molecule is Cn1cnc2cc(C(=O)N[C@@H]3CC=CC[C@H]3C(N)=O)ccc21. The van der Waals surface area contributed by atoms with E-state index >= 15 is 0 Å². The molecule has 1 aromatic carbocycles. The van der Waals surface area contributed by atoms with Gasteiger partial charge in [-0.15, -0.1) is 0 Å². The Hall–Kier alpha value is -2.63. The van der Waals surface area contributed by atoms with Gasteiger partial charge in [-0.3, -0.25) is 9.59 Å². The first kappa shape index (κ1) is 14.3. The average Bonchev–Trinajstić information content (AvgIpc) is 2.88. The Bertz CT molecular complexity index is 763. The number of nitrogens with two attached hydrogens (primary N) is 1. The number of hydrogen-bond donors (Lipinski definition) is 2. The highest BCUT2D eigenvalue weighted by Crippen LogP contribution is 2.20. The molecule has 0 bridgehead atoms. The zero-order valence-electron chi connectivity index (χ0n) is 12.3. The Balaban J connectivity index is 1.80. The van der Waals surface area contributed by atoms with Crippen molar-refractivity contribution in [2.24, 2.45) is 18.7 Å². The molecule has 1 aliphatic rings. The van der Waals surface area contributed by atoms with E-state index in [9.17, 15) is 9.59 Å². The third kappa shape index (κ3) is 2.59. The number of benzene rings is 1. The van der Waals surface area contributed by atoms with Crippen molar-refractivity contribution in [3.05, 3.63) is 42.2 Å². The standard InChI is InChI=1S/C16H18N4O2/c1-20-9-18-13-8-10(6-7-14(13)20)16(22)19-12-5-3-2-4-11(12)15(17)21/h2-3,6-9,11-12H,4-5H2,1H3,(H2,17,21)(H,19,22)/t11-,12-/m1/s1. The van der Waals surface area contributed by atoms with Gasteiger partial charge in [0.1, 0.15) is 0 Å². The van der Waals surface area contributed by atoms with Crippen LogP contribution in [0.1, 0.15) is 23.2 Å². The van der Waals surface area contributed by atoms with E-state index in [1.54, 1.807) is 18.5 Å². The summed E-state index contributed by atoms with van der Waals surface area (Å²) in [6, 6.07) is 5.12. The van der Waals surface area contributed by atoms with Gasteiger partial charge in [0.25, 0.3) is 5.91 Å². The van der Waals surface area contributed by atoms with Crippen LogP contribution >= 0.6 is 0 Å². The minimum atomic E-state index is -0.380. The van der Waals surface area contributed by atoms with Crippen molar-refractivity contribution in [2.45, 2.75) is 18.9 Å². The van der Waals surface area contributed by atoms with Gasteiger partial charge in [-0.2, -0.15) is 0 Å². The van der Waals surface area contributed by atoms with Crippen LogP contribution in [0.25, 0.3) is 11.0 Å². The largest absolute Gasteiger partial charge is 0.369 e. The molecule has 1 aromatic heterocycles. The molecule has 3 rings (SSSR count). The fraction of sp³-hybridized carbons (Fsp3) is 0.312. The van der Waals surface area contributed by atoms with Crippen LogP contribution in [0.4, 0.5) is 0 Å². The molecule has 0 aliphatic heterocycles. The smallest absolute Gasteiger partial charge is 0.251 e. The number of hydrogen-bond acceptors (Lipinski definition) is 3. The lowest BCUT2D eigenvalue weighted by atomic mass is 9.88. The first-order chi connectivity index (χ1) is 10.6. The summed E-state index contributed by atoms with van der Waals surface area (Å²) < 4.78 is 1.89. The number of nitrogens with zero attached hydrogens (tertiary/aromatic N) is 2. The molecular formula is C16H18N4O2. The van der Waals surface area contributed by atoms with Gasteiger partial charge in [-0.05, 0) is 31.0 Å². The van der Waals surface area contributed by atoms with Crippen molar-refractivity contribution in [1.82, 2.24) is 14.9 Å². The minimum Gasteiger partial charge on any atom is -0.369 e. The number of primary amides is 1. The van der Waals surface area contributed by atoms with Gasteiger partial charge >= 0.3 is 0 Å². The molecule has 2 aromatic rings. The van der Waals surface area contributed by atoms with Crippen molar-refractivity contribution < 1.29 is 9.59 Å². The molecule has 0 fully saturated rings. The number of nitrogens with one attached hydrogen (secondary N) is 1. The van der Waals surface area contributed by atoms with Crippen LogP contribution in [0, 0.1) is 5.92 Å². The quantitative estimate of drug-likeness (QED) is 0.832. The number of carbonyl (C=O) groups is 2. The summed E-state index contributed by atoms with van der Waals surface area (Å²) in [4.78, 5) is 28.1. The highest BCUT2D eigenvalue weighted by atomic mass is 16.2. The van der Waals surface area contributed by atoms with Crippen molar-refractivity contribution in [1.29, 1.82) is 0 Å². The van der Waals surface area contributed by atoms with E-state index in [1.165, 1.54) is 0 Å². The first-order valence-corrected chi connectivity index (χ1v) is 7.22. The van der Waals surface area contributed by atoms with Crippen LogP contribution in [-0.2, 0) is 11.8 Å². The molecule has 0 radical (unpaired) electrons. The van der Waals surface area contributed by atoms with Crippen LogP contribution in [0.5, 0.6) is 0 Å². The van der Waals surface area contributed by atoms with E-state index < -0.39 is 0 Å². The monoisotopic (exact) mass is 298 g/mol. The summed E-state index contributed by atoms with van der Waals surface area (Å²) in [6.07, 6.45) is 6.79. The van der Waals surface area contributed by atoms with E-state index in [-0.39, 0.29) is 23.8 Å². The van der Waals surface area contributed by atoms with Crippen LogP contribution in [0.2, 0.25) is 0 Å². The Morgan fingerprint density at radius 1 is 1.32 bits per heavy atom. The number of allylic oxidation sites excluding steroid dienone is 1. The molecule has 2 amide bonds. The number of fused-ring (bicyclic) bond motifs is 1. The summed E-state index contributed by atoms with van der Waals surface area (Å²) in [5.41, 5.74) is 7.68. The number of amides is 2. The molecular weight excluding hydrogens is 280 g/mol. The molecule has 1 aliphatic carbocycles. The second-order valence-electron chi connectivity index (χ2n) is 5.59. The second-order valence-corrected chi connectivity index (χ2v) is 5.59. The van der Waals surface area contributed by atoms with Crippen LogP contribution in [0.3, 0.4) is 0 Å². The number of aryl methyl sites for hydroxylation is 1. The fourth-order valence-electron chi connectivity index (χ4n) is 2.82. The van der Waals surface area contributed by atoms with Gasteiger partial charge in [-0.1, -0.05) is 12.2 Å². The lowest BCUT2D eigenvalue weighted by Crippen LogP contribution is -2.46. The molecule has 0 spiro atoms. The Morgan fingerprint density at radius 3 is 2.86 bits per heavy atom. The zero-order chi connectivity index (χ0) is 15.7. The van der Waals surface area contributed by atoms with Crippen LogP contribution < -0.4 is 11.1 Å². The molecule has 1 heterocycles. The van der Waals surface area contributed by atoms with E-state index in [0.717, 1.165) is 11.0 Å². The van der Waals surface area contributed by atoms with Gasteiger partial charge in [0.15, 0.2) is 0 Å². The summed E-state index contributed by atoms with van der Waals surface area (Å²) in [5.74, 6) is -0.943. The van der Waals surface area contributed by atoms with Crippen molar-refractivity contribution in [2.75, 3.05) is 0 Å². The lowest BCUT2D eigenvalue weighted by molar-refractivity contribution is -0.122. The summed E-state index contributed by atoms with van der Waals surface area (Å²) in [6.45, 7) is 0. The van der Waals surface area contributed by atoms with E-state index in [0.29, 0.717) is 18.4 Å². The van der Waals surface area contributed by atoms with E-state index in [1.807, 2.05) is 29.8 Å². The fourth-order valence-corrected chi connectivity index (χ4v) is 2.82. The topological polar surface area (TPSA) is 90.0 Å². The number of imidazole rings is 1. The third-order valence-corrected chi connectivity index (χ3v) is 4.10. The molecule has 6 heteroatoms. The Labute approximate surface area is 128 Å². The number of aromatic nitrogens is 2. The maximum absolute atomic E-state index is 12.4. The molecule has 0 saturated carbocycles. The van der Waals surface area contributed by atoms with Crippen molar-refractivity contribution in [3.63, 3.8) is 0 Å². The first-order valence-electron chi connectivity index (χ1n) is 7.22. The predicted octanol–water partition coefficient (Wildman–Crippen LogP) is 1.12. The zero-order valence-corrected chi connectivity index (χ0v) is 12.3. The molecule has 0 unspecified atom stereocenters. The van der Waals surface area contributed by atoms with Crippen molar-refractivity contribution in [3.8, 4) is 0 Å². The minimum absolute atomic E-state index is 0.209. The third-order valence-electron chi connectivity index (χ3n) is 4.10. The Kier molecular flexibility index (Phi) is 3.66. The van der Waals surface area contributed by atoms with Gasteiger partial charge < -0.3 is 15.6 Å². The van der Waals surface area contributed by atoms with Gasteiger partial charge in [0, 0.05) is 18.7 Å². The normalized spacial score (nSPS) is 21.0. The maximum Gasteiger partial charge on any atom is 0.251 e. The number of rotatable bonds is 3. The summed E-state index contributed by atoms with van der Waals surface area (Å²) in [5, 5.41) is 2.91. The highest BCUT2D eigenvalue weighted by molar-refractivity contribution is 5.97. The Morgan fingerprint density at radius 2 is 2.09 bits per heavy atom. The second kappa shape index (κ2) is 5.63. The van der Waals surface area contributed by atoms with E-state index in [4.69, 9.17) is 5.73 Å². The van der Waals surface area contributed by atoms with E-state index in [2.05, 4.69) is 10.3 Å². The lowest BCUT2D eigenvalue weighted by Gasteiger charge is -2.26. The molecule has 0 saturated heterocycles.